The molecule has 0 N–H and O–H groups in total. The Morgan fingerprint density at radius 3 is 2.26 bits per heavy atom. The molecule has 1 saturated heterocycles. The van der Waals surface area contributed by atoms with Gasteiger partial charge >= 0.3 is 5.97 Å². The van der Waals surface area contributed by atoms with Gasteiger partial charge < -0.3 is 9.64 Å². The average Bonchev–Trinajstić information content (AvgIpc) is 3.03. The fourth-order valence-corrected chi connectivity index (χ4v) is 3.25. The van der Waals surface area contributed by atoms with Crippen LogP contribution in [0.2, 0.25) is 0 Å². The van der Waals surface area contributed by atoms with Gasteiger partial charge in [-0.25, -0.2) is 0 Å². The summed E-state index contributed by atoms with van der Waals surface area (Å²) in [5.74, 6) is -0.305. The minimum Gasteiger partial charge on any atom is -0.426 e. The third-order valence-corrected chi connectivity index (χ3v) is 5.05. The number of rotatable bonds is 4. The first-order valence-electron chi connectivity index (χ1n) is 9.49. The van der Waals surface area contributed by atoms with E-state index in [1.54, 1.807) is 4.90 Å². The zero-order valence-corrected chi connectivity index (χ0v) is 16.5. The molecule has 0 saturated carbocycles. The highest BCUT2D eigenvalue weighted by atomic mass is 16.5. The van der Waals surface area contributed by atoms with E-state index in [1.807, 2.05) is 48.5 Å². The highest BCUT2D eigenvalue weighted by Gasteiger charge is 2.36. The van der Waals surface area contributed by atoms with Gasteiger partial charge in [-0.1, -0.05) is 52.0 Å². The first-order valence-corrected chi connectivity index (χ1v) is 9.49. The van der Waals surface area contributed by atoms with Crippen molar-refractivity contribution in [3.8, 4) is 5.75 Å². The summed E-state index contributed by atoms with van der Waals surface area (Å²) >= 11 is 0. The molecule has 4 heteroatoms. The van der Waals surface area contributed by atoms with E-state index in [4.69, 9.17) is 4.74 Å². The second-order valence-electron chi connectivity index (χ2n) is 8.12. The molecule has 0 unspecified atom stereocenters. The van der Waals surface area contributed by atoms with Gasteiger partial charge in [0.1, 0.15) is 5.75 Å². The van der Waals surface area contributed by atoms with Crippen molar-refractivity contribution in [2.45, 2.75) is 46.0 Å². The summed E-state index contributed by atoms with van der Waals surface area (Å²) in [5, 5.41) is 0. The largest absolute Gasteiger partial charge is 0.426 e. The molecule has 0 spiro atoms. The van der Waals surface area contributed by atoms with Crippen molar-refractivity contribution in [2.75, 3.05) is 11.4 Å². The molecule has 0 aromatic heterocycles. The lowest BCUT2D eigenvalue weighted by Gasteiger charge is -2.19. The number of hydrogen-bond acceptors (Lipinski definition) is 3. The molecule has 0 aliphatic carbocycles. The number of nitrogens with zero attached hydrogens (tertiary/aromatic N) is 1. The van der Waals surface area contributed by atoms with Crippen LogP contribution in [0.1, 0.15) is 45.2 Å². The van der Waals surface area contributed by atoms with Crippen molar-refractivity contribution in [3.63, 3.8) is 0 Å². The highest BCUT2D eigenvalue weighted by molar-refractivity contribution is 5.99. The van der Waals surface area contributed by atoms with E-state index in [0.717, 1.165) is 12.1 Å². The van der Waals surface area contributed by atoms with Crippen LogP contribution in [-0.2, 0) is 21.4 Å². The summed E-state index contributed by atoms with van der Waals surface area (Å²) < 4.78 is 5.52. The molecule has 0 radical (unpaired) electrons. The van der Waals surface area contributed by atoms with E-state index in [2.05, 4.69) is 27.7 Å². The Morgan fingerprint density at radius 1 is 1.07 bits per heavy atom. The standard InChI is InChI=1S/C23H27NO3/c1-5-16-6-10-19(11-7-16)24-15-17(14-21(24)25)22(26)27-20-12-8-18(9-13-20)23(2,3)4/h6-13,17H,5,14-15H2,1-4H3/t17-/m0/s1. The number of carbonyl (C=O) groups is 2. The van der Waals surface area contributed by atoms with E-state index in [-0.39, 0.29) is 23.7 Å². The van der Waals surface area contributed by atoms with Crippen LogP contribution >= 0.6 is 0 Å². The second-order valence-corrected chi connectivity index (χ2v) is 8.12. The zero-order chi connectivity index (χ0) is 19.6. The summed E-state index contributed by atoms with van der Waals surface area (Å²) in [6, 6.07) is 15.5. The number of ether oxygens (including phenoxy) is 1. The van der Waals surface area contributed by atoms with Gasteiger partial charge in [-0.15, -0.1) is 0 Å². The number of anilines is 1. The van der Waals surface area contributed by atoms with Crippen LogP contribution in [0.15, 0.2) is 48.5 Å². The third kappa shape index (κ3) is 4.38. The van der Waals surface area contributed by atoms with Crippen LogP contribution in [0, 0.1) is 5.92 Å². The SMILES string of the molecule is CCc1ccc(N2C[C@@H](C(=O)Oc3ccc(C(C)(C)C)cc3)CC2=O)cc1. The lowest BCUT2D eigenvalue weighted by molar-refractivity contribution is -0.139. The normalized spacial score (nSPS) is 17.3. The summed E-state index contributed by atoms with van der Waals surface area (Å²) in [6.45, 7) is 8.87. The third-order valence-electron chi connectivity index (χ3n) is 5.05. The lowest BCUT2D eigenvalue weighted by Crippen LogP contribution is -2.27. The van der Waals surface area contributed by atoms with Crippen LogP contribution in [-0.4, -0.2) is 18.4 Å². The molecule has 3 rings (SSSR count). The van der Waals surface area contributed by atoms with Gasteiger partial charge in [0, 0.05) is 18.7 Å². The summed E-state index contributed by atoms with van der Waals surface area (Å²) in [4.78, 5) is 26.6. The topological polar surface area (TPSA) is 46.6 Å². The van der Waals surface area contributed by atoms with Crippen molar-refractivity contribution in [1.29, 1.82) is 0 Å². The quantitative estimate of drug-likeness (QED) is 0.592. The zero-order valence-electron chi connectivity index (χ0n) is 16.5. The van der Waals surface area contributed by atoms with Gasteiger partial charge in [-0.2, -0.15) is 0 Å². The fraction of sp³-hybridized carbons (Fsp3) is 0.391. The minimum atomic E-state index is -0.439. The van der Waals surface area contributed by atoms with Crippen LogP contribution in [0.5, 0.6) is 5.75 Å². The fourth-order valence-electron chi connectivity index (χ4n) is 3.25. The Kier molecular flexibility index (Phi) is 5.36. The Bertz CT molecular complexity index is 816. The first kappa shape index (κ1) is 19.2. The molecule has 2 aromatic carbocycles. The van der Waals surface area contributed by atoms with Crippen molar-refractivity contribution in [3.05, 3.63) is 59.7 Å². The molecule has 142 valence electrons. The molecular weight excluding hydrogens is 338 g/mol. The summed E-state index contributed by atoms with van der Waals surface area (Å²) in [5.41, 5.74) is 3.29. The molecule has 0 bridgehead atoms. The average molecular weight is 365 g/mol. The smallest absolute Gasteiger partial charge is 0.316 e. The van der Waals surface area contributed by atoms with Gasteiger partial charge in [0.2, 0.25) is 5.91 Å². The van der Waals surface area contributed by atoms with Gasteiger partial charge in [-0.3, -0.25) is 9.59 Å². The van der Waals surface area contributed by atoms with Crippen molar-refractivity contribution in [1.82, 2.24) is 0 Å². The van der Waals surface area contributed by atoms with Crippen LogP contribution in [0.25, 0.3) is 0 Å². The predicted octanol–water partition coefficient (Wildman–Crippen LogP) is 4.51. The molecule has 1 atom stereocenters. The Balaban J connectivity index is 1.65. The van der Waals surface area contributed by atoms with Crippen molar-refractivity contribution < 1.29 is 14.3 Å². The number of esters is 1. The first-order chi connectivity index (χ1) is 12.8. The maximum Gasteiger partial charge on any atom is 0.316 e. The Hall–Kier alpha value is -2.62. The van der Waals surface area contributed by atoms with Crippen LogP contribution < -0.4 is 9.64 Å². The maximum atomic E-state index is 12.5. The van der Waals surface area contributed by atoms with Crippen molar-refractivity contribution >= 4 is 17.6 Å². The Labute approximate surface area is 161 Å². The second kappa shape index (κ2) is 7.55. The van der Waals surface area contributed by atoms with Crippen LogP contribution in [0.4, 0.5) is 5.69 Å². The van der Waals surface area contributed by atoms with E-state index in [1.165, 1.54) is 11.1 Å². The van der Waals surface area contributed by atoms with Gasteiger partial charge in [0.05, 0.1) is 5.92 Å². The number of aryl methyl sites for hydroxylation is 1. The number of benzene rings is 2. The molecule has 27 heavy (non-hydrogen) atoms. The molecular formula is C23H27NO3. The molecule has 2 aromatic rings. The lowest BCUT2D eigenvalue weighted by atomic mass is 9.87. The molecule has 1 aliphatic heterocycles. The van der Waals surface area contributed by atoms with E-state index >= 15 is 0 Å². The van der Waals surface area contributed by atoms with Gasteiger partial charge in [0.15, 0.2) is 0 Å². The molecule has 1 amide bonds. The van der Waals surface area contributed by atoms with E-state index in [0.29, 0.717) is 12.3 Å². The molecule has 1 aliphatic rings. The number of amides is 1. The summed E-state index contributed by atoms with van der Waals surface area (Å²) in [7, 11) is 0. The summed E-state index contributed by atoms with van der Waals surface area (Å²) in [6.07, 6.45) is 1.14. The molecule has 1 fully saturated rings. The van der Waals surface area contributed by atoms with E-state index in [9.17, 15) is 9.59 Å². The number of carbonyl (C=O) groups excluding carboxylic acids is 2. The highest BCUT2D eigenvalue weighted by Crippen LogP contribution is 2.28. The Morgan fingerprint density at radius 2 is 1.70 bits per heavy atom. The van der Waals surface area contributed by atoms with Crippen LogP contribution in [0.3, 0.4) is 0 Å². The molecule has 4 nitrogen and oxygen atoms in total. The minimum absolute atomic E-state index is 0.0377. The van der Waals surface area contributed by atoms with Gasteiger partial charge in [-0.05, 0) is 47.2 Å². The number of hydrogen-bond donors (Lipinski definition) is 0. The van der Waals surface area contributed by atoms with Gasteiger partial charge in [0.25, 0.3) is 0 Å². The maximum absolute atomic E-state index is 12.5. The van der Waals surface area contributed by atoms with E-state index < -0.39 is 5.92 Å². The van der Waals surface area contributed by atoms with Crippen molar-refractivity contribution in [2.24, 2.45) is 5.92 Å². The molecule has 1 heterocycles. The monoisotopic (exact) mass is 365 g/mol. The predicted molar refractivity (Wildman–Crippen MR) is 107 cm³/mol.